The van der Waals surface area contributed by atoms with E-state index in [1.807, 2.05) is 0 Å². The van der Waals surface area contributed by atoms with Crippen molar-refractivity contribution in [2.24, 2.45) is 0 Å². The average molecular weight is 177 g/mol. The number of pyridine rings is 1. The van der Waals surface area contributed by atoms with Gasteiger partial charge in [-0.1, -0.05) is 0 Å². The number of carboxylic acids is 1. The lowest BCUT2D eigenvalue weighted by Gasteiger charge is -1.98. The second-order valence-electron chi connectivity index (χ2n) is 2.71. The van der Waals surface area contributed by atoms with Crippen molar-refractivity contribution in [1.82, 2.24) is 4.40 Å². The number of hydrogen-bond acceptors (Lipinski definition) is 2. The zero-order valence-electron chi connectivity index (χ0n) is 6.64. The van der Waals surface area contributed by atoms with E-state index in [0.29, 0.717) is 0 Å². The van der Waals surface area contributed by atoms with Gasteiger partial charge in [0.25, 0.3) is 0 Å². The van der Waals surface area contributed by atoms with Crippen LogP contribution < -0.4 is 0 Å². The van der Waals surface area contributed by atoms with Crippen LogP contribution in [0.3, 0.4) is 0 Å². The van der Waals surface area contributed by atoms with Crippen molar-refractivity contribution in [3.63, 3.8) is 0 Å². The Kier molecular flexibility index (Phi) is 1.48. The van der Waals surface area contributed by atoms with Crippen molar-refractivity contribution >= 4 is 11.5 Å². The van der Waals surface area contributed by atoms with E-state index in [1.54, 1.807) is 12.1 Å². The topological polar surface area (TPSA) is 61.9 Å². The quantitative estimate of drug-likeness (QED) is 0.691. The van der Waals surface area contributed by atoms with Crippen molar-refractivity contribution in [2.75, 3.05) is 0 Å². The lowest BCUT2D eigenvalue weighted by Crippen LogP contribution is -2.00. The number of aromatic carboxylic acids is 1. The molecule has 0 saturated heterocycles. The first-order valence-electron chi connectivity index (χ1n) is 3.72. The Labute approximate surface area is 73.7 Å². The molecule has 2 aromatic rings. The number of aromatic hydroxyl groups is 1. The predicted octanol–water partition coefficient (Wildman–Crippen LogP) is 1.34. The Bertz CT molecular complexity index is 473. The maximum Gasteiger partial charge on any atom is 0.352 e. The molecule has 0 aliphatic heterocycles. The number of carbonyl (C=O) groups is 1. The number of aromatic nitrogens is 1. The molecule has 0 atom stereocenters. The van der Waals surface area contributed by atoms with E-state index in [0.717, 1.165) is 5.52 Å². The summed E-state index contributed by atoms with van der Waals surface area (Å²) in [6.07, 6.45) is 1.37. The first kappa shape index (κ1) is 7.67. The van der Waals surface area contributed by atoms with Crippen molar-refractivity contribution < 1.29 is 15.0 Å². The van der Waals surface area contributed by atoms with Crippen LogP contribution in [0.1, 0.15) is 10.5 Å². The van der Waals surface area contributed by atoms with Gasteiger partial charge in [0, 0.05) is 5.52 Å². The molecule has 0 unspecified atom stereocenters. The molecule has 66 valence electrons. The van der Waals surface area contributed by atoms with Gasteiger partial charge in [0.1, 0.15) is 11.4 Å². The van der Waals surface area contributed by atoms with E-state index in [4.69, 9.17) is 10.2 Å². The molecule has 0 aliphatic rings. The Hall–Kier alpha value is -1.97. The highest BCUT2D eigenvalue weighted by Crippen LogP contribution is 2.15. The second-order valence-corrected chi connectivity index (χ2v) is 2.71. The van der Waals surface area contributed by atoms with Crippen LogP contribution in [-0.4, -0.2) is 20.6 Å². The number of carboxylic acid groups (broad SMARTS) is 1. The van der Waals surface area contributed by atoms with Gasteiger partial charge in [-0.15, -0.1) is 0 Å². The van der Waals surface area contributed by atoms with Crippen molar-refractivity contribution in [3.8, 4) is 5.75 Å². The molecule has 0 spiro atoms. The first-order chi connectivity index (χ1) is 6.18. The van der Waals surface area contributed by atoms with Crippen molar-refractivity contribution in [1.29, 1.82) is 0 Å². The summed E-state index contributed by atoms with van der Waals surface area (Å²) in [6, 6.07) is 6.35. The van der Waals surface area contributed by atoms with Crippen LogP contribution in [0.25, 0.3) is 5.52 Å². The molecule has 0 aromatic carbocycles. The van der Waals surface area contributed by atoms with Crippen LogP contribution in [0, 0.1) is 0 Å². The van der Waals surface area contributed by atoms with Gasteiger partial charge in [0.05, 0.1) is 6.20 Å². The van der Waals surface area contributed by atoms with Gasteiger partial charge in [-0.25, -0.2) is 4.79 Å². The Morgan fingerprint density at radius 3 is 2.62 bits per heavy atom. The van der Waals surface area contributed by atoms with Crippen LogP contribution in [0.5, 0.6) is 5.75 Å². The third kappa shape index (κ3) is 1.12. The Morgan fingerprint density at radius 1 is 1.23 bits per heavy atom. The molecule has 0 bridgehead atoms. The van der Waals surface area contributed by atoms with Gasteiger partial charge in [0.2, 0.25) is 0 Å². The SMILES string of the molecule is O=C(O)c1ccc2ccc(O)cn12. The maximum absolute atomic E-state index is 10.7. The third-order valence-electron chi connectivity index (χ3n) is 1.86. The van der Waals surface area contributed by atoms with E-state index in [1.165, 1.54) is 22.7 Å². The minimum Gasteiger partial charge on any atom is -0.506 e. The average Bonchev–Trinajstić information content (AvgIpc) is 2.46. The molecule has 13 heavy (non-hydrogen) atoms. The van der Waals surface area contributed by atoms with Crippen LogP contribution >= 0.6 is 0 Å². The molecule has 0 fully saturated rings. The van der Waals surface area contributed by atoms with Gasteiger partial charge in [-0.3, -0.25) is 0 Å². The zero-order chi connectivity index (χ0) is 9.42. The van der Waals surface area contributed by atoms with Gasteiger partial charge < -0.3 is 14.6 Å². The highest BCUT2D eigenvalue weighted by Gasteiger charge is 2.08. The predicted molar refractivity (Wildman–Crippen MR) is 46.0 cm³/mol. The third-order valence-corrected chi connectivity index (χ3v) is 1.86. The Morgan fingerprint density at radius 2 is 1.92 bits per heavy atom. The lowest BCUT2D eigenvalue weighted by molar-refractivity contribution is 0.0689. The smallest absolute Gasteiger partial charge is 0.352 e. The summed E-state index contributed by atoms with van der Waals surface area (Å²) in [6.45, 7) is 0. The largest absolute Gasteiger partial charge is 0.506 e. The molecule has 0 saturated carbocycles. The second kappa shape index (κ2) is 2.52. The molecule has 4 nitrogen and oxygen atoms in total. The summed E-state index contributed by atoms with van der Waals surface area (Å²) in [4.78, 5) is 10.7. The molecule has 0 amide bonds. The summed E-state index contributed by atoms with van der Waals surface area (Å²) in [5.41, 5.74) is 0.890. The van der Waals surface area contributed by atoms with E-state index < -0.39 is 5.97 Å². The minimum atomic E-state index is -1.01. The number of fused-ring (bicyclic) bond motifs is 1. The van der Waals surface area contributed by atoms with Gasteiger partial charge in [-0.05, 0) is 24.3 Å². The summed E-state index contributed by atoms with van der Waals surface area (Å²) in [7, 11) is 0. The molecular formula is C9H7NO3. The number of rotatable bonds is 1. The monoisotopic (exact) mass is 177 g/mol. The molecule has 0 radical (unpaired) electrons. The van der Waals surface area contributed by atoms with Crippen molar-refractivity contribution in [2.45, 2.75) is 0 Å². The summed E-state index contributed by atoms with van der Waals surface area (Å²) < 4.78 is 1.43. The van der Waals surface area contributed by atoms with Crippen LogP contribution in [0.4, 0.5) is 0 Å². The lowest BCUT2D eigenvalue weighted by atomic mass is 10.4. The van der Waals surface area contributed by atoms with Gasteiger partial charge >= 0.3 is 5.97 Å². The molecule has 4 heteroatoms. The fourth-order valence-electron chi connectivity index (χ4n) is 1.26. The van der Waals surface area contributed by atoms with E-state index in [-0.39, 0.29) is 11.4 Å². The molecule has 0 aliphatic carbocycles. The maximum atomic E-state index is 10.7. The van der Waals surface area contributed by atoms with E-state index in [9.17, 15) is 4.79 Å². The summed E-state index contributed by atoms with van der Waals surface area (Å²) in [5, 5.41) is 17.9. The van der Waals surface area contributed by atoms with Gasteiger partial charge in [-0.2, -0.15) is 0 Å². The number of nitrogens with zero attached hydrogens (tertiary/aromatic N) is 1. The van der Waals surface area contributed by atoms with Crippen LogP contribution in [0.2, 0.25) is 0 Å². The van der Waals surface area contributed by atoms with E-state index in [2.05, 4.69) is 0 Å². The molecule has 2 rings (SSSR count). The standard InChI is InChI=1S/C9H7NO3/c11-7-3-1-6-2-4-8(9(12)13)10(6)5-7/h1-5,11H,(H,12,13). The minimum absolute atomic E-state index is 0.0474. The molecule has 2 heterocycles. The summed E-state index contributed by atoms with van der Waals surface area (Å²) >= 11 is 0. The molecule has 2 N–H and O–H groups in total. The highest BCUT2D eigenvalue weighted by molar-refractivity contribution is 5.87. The number of hydrogen-bond donors (Lipinski definition) is 2. The first-order valence-corrected chi connectivity index (χ1v) is 3.72. The van der Waals surface area contributed by atoms with Crippen molar-refractivity contribution in [3.05, 3.63) is 36.2 Å². The normalized spacial score (nSPS) is 10.5. The van der Waals surface area contributed by atoms with E-state index >= 15 is 0 Å². The van der Waals surface area contributed by atoms with Crippen LogP contribution in [-0.2, 0) is 0 Å². The molecular weight excluding hydrogens is 170 g/mol. The fourth-order valence-corrected chi connectivity index (χ4v) is 1.26. The molecule has 2 aromatic heterocycles. The highest BCUT2D eigenvalue weighted by atomic mass is 16.4. The Balaban J connectivity index is 2.79. The summed E-state index contributed by atoms with van der Waals surface area (Å²) in [5.74, 6) is -0.961. The fraction of sp³-hybridized carbons (Fsp3) is 0. The zero-order valence-corrected chi connectivity index (χ0v) is 6.64. The van der Waals surface area contributed by atoms with Crippen LogP contribution in [0.15, 0.2) is 30.5 Å². The van der Waals surface area contributed by atoms with Gasteiger partial charge in [0.15, 0.2) is 0 Å².